The summed E-state index contributed by atoms with van der Waals surface area (Å²) in [5.74, 6) is 2.74. The van der Waals surface area contributed by atoms with Crippen LogP contribution in [0.3, 0.4) is 0 Å². The molecular formula is C15H22BrNO. The van der Waals surface area contributed by atoms with E-state index in [0.717, 1.165) is 29.0 Å². The third-order valence-electron chi connectivity index (χ3n) is 4.82. The average Bonchev–Trinajstić information content (AvgIpc) is 3.07. The Hall–Kier alpha value is -0.280. The lowest BCUT2D eigenvalue weighted by Crippen LogP contribution is -2.31. The zero-order chi connectivity index (χ0) is 12.5. The van der Waals surface area contributed by atoms with Gasteiger partial charge in [-0.2, -0.15) is 0 Å². The molecule has 0 spiro atoms. The number of nitrogens with one attached hydrogen (secondary N) is 1. The zero-order valence-corrected chi connectivity index (χ0v) is 12.6. The quantitative estimate of drug-likeness (QED) is 0.865. The Morgan fingerprint density at radius 2 is 2.33 bits per heavy atom. The van der Waals surface area contributed by atoms with Crippen LogP contribution in [0.25, 0.3) is 0 Å². The molecule has 3 rings (SSSR count). The highest BCUT2D eigenvalue weighted by atomic mass is 79.9. The number of halogens is 1. The van der Waals surface area contributed by atoms with Crippen molar-refractivity contribution < 1.29 is 4.42 Å². The van der Waals surface area contributed by atoms with E-state index in [0.29, 0.717) is 6.04 Å². The minimum atomic E-state index is 0.480. The Labute approximate surface area is 118 Å². The van der Waals surface area contributed by atoms with Gasteiger partial charge in [0.1, 0.15) is 0 Å². The molecule has 0 aliphatic heterocycles. The van der Waals surface area contributed by atoms with Gasteiger partial charge in [-0.05, 0) is 72.0 Å². The normalized spacial score (nSPS) is 32.0. The highest BCUT2D eigenvalue weighted by Crippen LogP contribution is 2.53. The Balaban J connectivity index is 1.79. The van der Waals surface area contributed by atoms with Crippen LogP contribution in [-0.2, 0) is 0 Å². The molecule has 2 bridgehead atoms. The van der Waals surface area contributed by atoms with Crippen molar-refractivity contribution in [1.29, 1.82) is 0 Å². The van der Waals surface area contributed by atoms with Gasteiger partial charge in [0.05, 0.1) is 6.26 Å². The van der Waals surface area contributed by atoms with E-state index in [1.807, 2.05) is 0 Å². The first-order chi connectivity index (χ1) is 8.79. The first-order valence-corrected chi connectivity index (χ1v) is 8.05. The predicted molar refractivity (Wildman–Crippen MR) is 76.4 cm³/mol. The second-order valence-corrected chi connectivity index (χ2v) is 6.64. The van der Waals surface area contributed by atoms with Crippen molar-refractivity contribution in [1.82, 2.24) is 5.32 Å². The Morgan fingerprint density at radius 3 is 2.89 bits per heavy atom. The van der Waals surface area contributed by atoms with Gasteiger partial charge in [0.15, 0.2) is 4.67 Å². The van der Waals surface area contributed by atoms with Gasteiger partial charge >= 0.3 is 0 Å². The third-order valence-corrected chi connectivity index (χ3v) is 5.46. The highest BCUT2D eigenvalue weighted by molar-refractivity contribution is 9.10. The maximum Gasteiger partial charge on any atom is 0.173 e. The Morgan fingerprint density at radius 1 is 1.44 bits per heavy atom. The van der Waals surface area contributed by atoms with Gasteiger partial charge < -0.3 is 9.73 Å². The van der Waals surface area contributed by atoms with Crippen molar-refractivity contribution in [3.8, 4) is 0 Å². The molecule has 100 valence electrons. The maximum absolute atomic E-state index is 5.44. The summed E-state index contributed by atoms with van der Waals surface area (Å²) in [6, 6.07) is 2.61. The molecule has 1 aromatic heterocycles. The molecule has 2 aliphatic carbocycles. The molecule has 0 amide bonds. The molecule has 4 atom stereocenters. The van der Waals surface area contributed by atoms with Gasteiger partial charge in [-0.15, -0.1) is 0 Å². The lowest BCUT2D eigenvalue weighted by molar-refractivity contribution is 0.249. The molecule has 2 aliphatic rings. The minimum absolute atomic E-state index is 0.480. The summed E-state index contributed by atoms with van der Waals surface area (Å²) in [6.07, 6.45) is 8.76. The van der Waals surface area contributed by atoms with Crippen LogP contribution in [0, 0.1) is 17.8 Å². The highest BCUT2D eigenvalue weighted by Gasteiger charge is 2.43. The second kappa shape index (κ2) is 5.38. The van der Waals surface area contributed by atoms with Crippen LogP contribution < -0.4 is 5.32 Å². The molecule has 0 saturated heterocycles. The molecule has 1 aromatic rings. The van der Waals surface area contributed by atoms with E-state index in [1.165, 1.54) is 37.7 Å². The summed E-state index contributed by atoms with van der Waals surface area (Å²) >= 11 is 3.55. The van der Waals surface area contributed by atoms with E-state index in [1.54, 1.807) is 6.26 Å². The molecule has 2 nitrogen and oxygen atoms in total. The lowest BCUT2D eigenvalue weighted by Gasteiger charge is -2.31. The van der Waals surface area contributed by atoms with Crippen molar-refractivity contribution in [2.45, 2.75) is 45.1 Å². The van der Waals surface area contributed by atoms with E-state index in [2.05, 4.69) is 34.2 Å². The summed E-state index contributed by atoms with van der Waals surface area (Å²) in [5.41, 5.74) is 1.32. The Kier molecular flexibility index (Phi) is 3.81. The van der Waals surface area contributed by atoms with Gasteiger partial charge in [0.25, 0.3) is 0 Å². The van der Waals surface area contributed by atoms with Crippen LogP contribution in [0.5, 0.6) is 0 Å². The monoisotopic (exact) mass is 311 g/mol. The van der Waals surface area contributed by atoms with Crippen LogP contribution in [0.2, 0.25) is 0 Å². The molecule has 0 radical (unpaired) electrons. The fourth-order valence-corrected chi connectivity index (χ4v) is 4.51. The summed E-state index contributed by atoms with van der Waals surface area (Å²) in [4.78, 5) is 0. The summed E-state index contributed by atoms with van der Waals surface area (Å²) < 4.78 is 6.36. The van der Waals surface area contributed by atoms with Gasteiger partial charge in [-0.3, -0.25) is 0 Å². The SMILES string of the molecule is CCCNC(c1ccoc1Br)C1CC2CCC1C2. The first-order valence-electron chi connectivity index (χ1n) is 7.25. The lowest BCUT2D eigenvalue weighted by atomic mass is 9.81. The second-order valence-electron chi connectivity index (χ2n) is 5.92. The summed E-state index contributed by atoms with van der Waals surface area (Å²) in [7, 11) is 0. The molecule has 2 saturated carbocycles. The third kappa shape index (κ3) is 2.27. The minimum Gasteiger partial charge on any atom is -0.457 e. The smallest absolute Gasteiger partial charge is 0.173 e. The van der Waals surface area contributed by atoms with Crippen molar-refractivity contribution in [2.24, 2.45) is 17.8 Å². The van der Waals surface area contributed by atoms with Gasteiger partial charge in [0.2, 0.25) is 0 Å². The van der Waals surface area contributed by atoms with Crippen molar-refractivity contribution >= 4 is 15.9 Å². The molecule has 0 aromatic carbocycles. The molecular weight excluding hydrogens is 290 g/mol. The van der Waals surface area contributed by atoms with Gasteiger partial charge in [-0.1, -0.05) is 13.3 Å². The average molecular weight is 312 g/mol. The van der Waals surface area contributed by atoms with Crippen LogP contribution in [0.4, 0.5) is 0 Å². The van der Waals surface area contributed by atoms with Crippen LogP contribution in [-0.4, -0.2) is 6.54 Å². The zero-order valence-electron chi connectivity index (χ0n) is 11.0. The number of furan rings is 1. The molecule has 18 heavy (non-hydrogen) atoms. The predicted octanol–water partition coefficient (Wildman–Crippen LogP) is 4.52. The molecule has 3 heteroatoms. The van der Waals surface area contributed by atoms with Crippen LogP contribution in [0.1, 0.15) is 50.6 Å². The largest absolute Gasteiger partial charge is 0.457 e. The van der Waals surface area contributed by atoms with Crippen LogP contribution >= 0.6 is 15.9 Å². The number of hydrogen-bond donors (Lipinski definition) is 1. The van der Waals surface area contributed by atoms with E-state index >= 15 is 0 Å². The topological polar surface area (TPSA) is 25.2 Å². The number of hydrogen-bond acceptors (Lipinski definition) is 2. The Bertz CT molecular complexity index is 403. The van der Waals surface area contributed by atoms with Crippen molar-refractivity contribution in [3.63, 3.8) is 0 Å². The number of rotatable bonds is 5. The fraction of sp³-hybridized carbons (Fsp3) is 0.733. The maximum atomic E-state index is 5.44. The standard InChI is InChI=1S/C15H22BrNO/c1-2-6-17-14(12-5-7-18-15(12)16)13-9-10-3-4-11(13)8-10/h5,7,10-11,13-14,17H,2-4,6,8-9H2,1H3. The van der Waals surface area contributed by atoms with Crippen LogP contribution in [0.15, 0.2) is 21.4 Å². The summed E-state index contributed by atoms with van der Waals surface area (Å²) in [6.45, 7) is 3.32. The summed E-state index contributed by atoms with van der Waals surface area (Å²) in [5, 5.41) is 3.75. The number of fused-ring (bicyclic) bond motifs is 2. The van der Waals surface area contributed by atoms with E-state index in [4.69, 9.17) is 4.42 Å². The van der Waals surface area contributed by atoms with E-state index < -0.39 is 0 Å². The van der Waals surface area contributed by atoms with Gasteiger partial charge in [0, 0.05) is 11.6 Å². The van der Waals surface area contributed by atoms with E-state index in [-0.39, 0.29) is 0 Å². The molecule has 1 N–H and O–H groups in total. The van der Waals surface area contributed by atoms with E-state index in [9.17, 15) is 0 Å². The van der Waals surface area contributed by atoms with Crippen molar-refractivity contribution in [3.05, 3.63) is 22.6 Å². The first kappa shape index (κ1) is 12.7. The molecule has 4 unspecified atom stereocenters. The molecule has 2 fully saturated rings. The molecule has 1 heterocycles. The fourth-order valence-electron chi connectivity index (χ4n) is 4.02. The van der Waals surface area contributed by atoms with Gasteiger partial charge in [-0.25, -0.2) is 0 Å². The van der Waals surface area contributed by atoms with Crippen molar-refractivity contribution in [2.75, 3.05) is 6.54 Å².